The SMILES string of the molecule is CCC(C(=O)Nc1ccc(N2CCCCC2)cc1)N(c1ccc(C)cc1)S(C)(=O)=O. The van der Waals surface area contributed by atoms with Crippen LogP contribution < -0.4 is 14.5 Å². The minimum atomic E-state index is -3.63. The number of amides is 1. The van der Waals surface area contributed by atoms with E-state index in [9.17, 15) is 13.2 Å². The first-order chi connectivity index (χ1) is 14.3. The summed E-state index contributed by atoms with van der Waals surface area (Å²) in [4.78, 5) is 15.4. The van der Waals surface area contributed by atoms with Crippen LogP contribution in [0.3, 0.4) is 0 Å². The Morgan fingerprint density at radius 1 is 1.03 bits per heavy atom. The van der Waals surface area contributed by atoms with E-state index >= 15 is 0 Å². The second kappa shape index (κ2) is 9.51. The van der Waals surface area contributed by atoms with Gasteiger partial charge in [-0.1, -0.05) is 24.6 Å². The van der Waals surface area contributed by atoms with Crippen LogP contribution in [0.15, 0.2) is 48.5 Å². The molecule has 0 spiro atoms. The Morgan fingerprint density at radius 2 is 1.63 bits per heavy atom. The van der Waals surface area contributed by atoms with Gasteiger partial charge in [0.05, 0.1) is 11.9 Å². The van der Waals surface area contributed by atoms with Gasteiger partial charge in [-0.15, -0.1) is 0 Å². The predicted octanol–water partition coefficient (Wildman–Crippen LogP) is 4.17. The zero-order valence-electron chi connectivity index (χ0n) is 18.0. The minimum Gasteiger partial charge on any atom is -0.372 e. The lowest BCUT2D eigenvalue weighted by molar-refractivity contribution is -0.117. The number of hydrogen-bond acceptors (Lipinski definition) is 4. The van der Waals surface area contributed by atoms with Crippen LogP contribution in [0.5, 0.6) is 0 Å². The minimum absolute atomic E-state index is 0.339. The molecule has 1 unspecified atom stereocenters. The number of carbonyl (C=O) groups excluding carboxylic acids is 1. The molecule has 0 aliphatic carbocycles. The zero-order valence-corrected chi connectivity index (χ0v) is 18.8. The van der Waals surface area contributed by atoms with Crippen molar-refractivity contribution in [2.24, 2.45) is 0 Å². The first-order valence-electron chi connectivity index (χ1n) is 10.5. The van der Waals surface area contributed by atoms with E-state index in [0.717, 1.165) is 30.6 Å². The highest BCUT2D eigenvalue weighted by molar-refractivity contribution is 7.92. The van der Waals surface area contributed by atoms with Gasteiger partial charge in [-0.05, 0) is 69.0 Å². The molecule has 1 N–H and O–H groups in total. The molecule has 30 heavy (non-hydrogen) atoms. The number of carbonyl (C=O) groups is 1. The first kappa shape index (κ1) is 22.2. The van der Waals surface area contributed by atoms with Gasteiger partial charge in [0.1, 0.15) is 6.04 Å². The standard InChI is InChI=1S/C23H31N3O3S/c1-4-22(26(30(3,28)29)21-12-8-18(2)9-13-21)23(27)24-19-10-14-20(15-11-19)25-16-6-5-7-17-25/h8-15,22H,4-7,16-17H2,1-3H3,(H,24,27). The third-order valence-corrected chi connectivity index (χ3v) is 6.65. The number of benzene rings is 2. The van der Waals surface area contributed by atoms with Gasteiger partial charge in [0, 0.05) is 24.5 Å². The molecule has 1 fully saturated rings. The van der Waals surface area contributed by atoms with Crippen LogP contribution in [-0.4, -0.2) is 39.7 Å². The van der Waals surface area contributed by atoms with Gasteiger partial charge in [-0.25, -0.2) is 8.42 Å². The summed E-state index contributed by atoms with van der Waals surface area (Å²) < 4.78 is 26.3. The summed E-state index contributed by atoms with van der Waals surface area (Å²) in [5.41, 5.74) is 3.33. The van der Waals surface area contributed by atoms with Crippen molar-refractivity contribution < 1.29 is 13.2 Å². The van der Waals surface area contributed by atoms with Gasteiger partial charge in [-0.3, -0.25) is 9.10 Å². The summed E-state index contributed by atoms with van der Waals surface area (Å²) in [5.74, 6) is -0.339. The Morgan fingerprint density at radius 3 is 2.17 bits per heavy atom. The van der Waals surface area contributed by atoms with Crippen LogP contribution in [0.4, 0.5) is 17.1 Å². The fourth-order valence-electron chi connectivity index (χ4n) is 3.89. The third-order valence-electron chi connectivity index (χ3n) is 5.47. The highest BCUT2D eigenvalue weighted by Crippen LogP contribution is 2.25. The second-order valence-corrected chi connectivity index (χ2v) is 9.76. The fraction of sp³-hybridized carbons (Fsp3) is 0.435. The van der Waals surface area contributed by atoms with Crippen LogP contribution in [0.1, 0.15) is 38.2 Å². The van der Waals surface area contributed by atoms with Crippen molar-refractivity contribution in [2.75, 3.05) is 33.9 Å². The Kier molecular flexibility index (Phi) is 7.02. The van der Waals surface area contributed by atoms with E-state index in [1.54, 1.807) is 12.1 Å². The fourth-order valence-corrected chi connectivity index (χ4v) is 5.10. The molecule has 6 nitrogen and oxygen atoms in total. The van der Waals surface area contributed by atoms with Gasteiger partial charge in [0.2, 0.25) is 15.9 Å². The van der Waals surface area contributed by atoms with Crippen LogP contribution in [0.2, 0.25) is 0 Å². The average molecular weight is 430 g/mol. The highest BCUT2D eigenvalue weighted by atomic mass is 32.2. The third kappa shape index (κ3) is 5.33. The Bertz CT molecular complexity index is 950. The molecule has 0 aromatic heterocycles. The molecule has 2 aromatic carbocycles. The van der Waals surface area contributed by atoms with Crippen molar-refractivity contribution >= 4 is 33.0 Å². The number of aryl methyl sites for hydroxylation is 1. The zero-order chi connectivity index (χ0) is 21.7. The molecule has 1 atom stereocenters. The summed E-state index contributed by atoms with van der Waals surface area (Å²) >= 11 is 0. The average Bonchev–Trinajstić information content (AvgIpc) is 2.73. The maximum Gasteiger partial charge on any atom is 0.248 e. The quantitative estimate of drug-likeness (QED) is 0.717. The first-order valence-corrected chi connectivity index (χ1v) is 12.4. The monoisotopic (exact) mass is 429 g/mol. The van der Waals surface area contributed by atoms with Crippen molar-refractivity contribution in [3.8, 4) is 0 Å². The van der Waals surface area contributed by atoms with Crippen LogP contribution >= 0.6 is 0 Å². The summed E-state index contributed by atoms with van der Waals surface area (Å²) in [6.07, 6.45) is 5.18. The summed E-state index contributed by atoms with van der Waals surface area (Å²) in [6, 6.07) is 14.1. The van der Waals surface area contributed by atoms with Gasteiger partial charge in [0.15, 0.2) is 0 Å². The lowest BCUT2D eigenvalue weighted by atomic mass is 10.1. The number of rotatable bonds is 7. The maximum absolute atomic E-state index is 13.0. The van der Waals surface area contributed by atoms with Crippen molar-refractivity contribution in [3.05, 3.63) is 54.1 Å². The van der Waals surface area contributed by atoms with Crippen molar-refractivity contribution in [1.29, 1.82) is 0 Å². The molecule has 162 valence electrons. The Balaban J connectivity index is 1.77. The molecular formula is C23H31N3O3S. The Labute approximate surface area is 179 Å². The molecule has 0 radical (unpaired) electrons. The van der Waals surface area contributed by atoms with Crippen molar-refractivity contribution in [2.45, 2.75) is 45.6 Å². The van der Waals surface area contributed by atoms with Crippen LogP contribution in [0, 0.1) is 6.92 Å². The molecule has 1 amide bonds. The predicted molar refractivity (Wildman–Crippen MR) is 124 cm³/mol. The maximum atomic E-state index is 13.0. The van der Waals surface area contributed by atoms with Gasteiger partial charge in [0.25, 0.3) is 0 Å². The Hall–Kier alpha value is -2.54. The van der Waals surface area contributed by atoms with E-state index in [2.05, 4.69) is 10.2 Å². The molecule has 3 rings (SSSR count). The normalized spacial score (nSPS) is 15.5. The van der Waals surface area contributed by atoms with Crippen LogP contribution in [0.25, 0.3) is 0 Å². The van der Waals surface area contributed by atoms with Gasteiger partial charge < -0.3 is 10.2 Å². The second-order valence-electron chi connectivity index (χ2n) is 7.90. The van der Waals surface area contributed by atoms with Gasteiger partial charge >= 0.3 is 0 Å². The van der Waals surface area contributed by atoms with E-state index in [1.807, 2.05) is 50.2 Å². The molecule has 7 heteroatoms. The molecule has 2 aromatic rings. The number of piperidine rings is 1. The molecule has 0 saturated carbocycles. The number of nitrogens with one attached hydrogen (secondary N) is 1. The largest absolute Gasteiger partial charge is 0.372 e. The lowest BCUT2D eigenvalue weighted by Crippen LogP contribution is -2.47. The molecule has 1 saturated heterocycles. The molecular weight excluding hydrogens is 398 g/mol. The topological polar surface area (TPSA) is 69.7 Å². The summed E-state index contributed by atoms with van der Waals surface area (Å²) in [6.45, 7) is 5.87. The summed E-state index contributed by atoms with van der Waals surface area (Å²) in [7, 11) is -3.63. The highest BCUT2D eigenvalue weighted by Gasteiger charge is 2.31. The lowest BCUT2D eigenvalue weighted by Gasteiger charge is -2.30. The number of sulfonamides is 1. The molecule has 1 aliphatic rings. The summed E-state index contributed by atoms with van der Waals surface area (Å²) in [5, 5.41) is 2.89. The van der Waals surface area contributed by atoms with Crippen molar-refractivity contribution in [1.82, 2.24) is 0 Å². The van der Waals surface area contributed by atoms with E-state index < -0.39 is 16.1 Å². The number of anilines is 3. The molecule has 1 aliphatic heterocycles. The van der Waals surface area contributed by atoms with Crippen molar-refractivity contribution in [3.63, 3.8) is 0 Å². The smallest absolute Gasteiger partial charge is 0.248 e. The number of hydrogen-bond donors (Lipinski definition) is 1. The molecule has 1 heterocycles. The van der Waals surface area contributed by atoms with Crippen LogP contribution in [-0.2, 0) is 14.8 Å². The van der Waals surface area contributed by atoms with E-state index in [4.69, 9.17) is 0 Å². The number of nitrogens with zero attached hydrogens (tertiary/aromatic N) is 2. The van der Waals surface area contributed by atoms with E-state index in [-0.39, 0.29) is 5.91 Å². The van der Waals surface area contributed by atoms with Gasteiger partial charge in [-0.2, -0.15) is 0 Å². The van der Waals surface area contributed by atoms with E-state index in [0.29, 0.717) is 17.8 Å². The molecule has 0 bridgehead atoms. The van der Waals surface area contributed by atoms with E-state index in [1.165, 1.54) is 23.6 Å².